The zero-order valence-corrected chi connectivity index (χ0v) is 9.63. The normalized spacial score (nSPS) is 16.0. The van der Waals surface area contributed by atoms with Crippen LogP contribution in [0.3, 0.4) is 0 Å². The summed E-state index contributed by atoms with van der Waals surface area (Å²) in [6.45, 7) is 4.79. The van der Waals surface area contributed by atoms with Crippen molar-refractivity contribution in [3.63, 3.8) is 0 Å². The Labute approximate surface area is 84.5 Å². The lowest BCUT2D eigenvalue weighted by atomic mass is 10.2. The summed E-state index contributed by atoms with van der Waals surface area (Å²) in [7, 11) is -3.50. The Kier molecular flexibility index (Phi) is 5.07. The molecule has 0 N–H and O–H groups in total. The third kappa shape index (κ3) is 5.93. The molecule has 5 nitrogen and oxygen atoms in total. The van der Waals surface area contributed by atoms with E-state index in [-0.39, 0.29) is 12.4 Å². The van der Waals surface area contributed by atoms with Crippen LogP contribution in [0.2, 0.25) is 0 Å². The van der Waals surface area contributed by atoms with Crippen molar-refractivity contribution in [2.24, 2.45) is 0 Å². The van der Waals surface area contributed by atoms with Gasteiger partial charge in [-0.25, -0.2) is 0 Å². The van der Waals surface area contributed by atoms with Gasteiger partial charge < -0.3 is 4.74 Å². The highest BCUT2D eigenvalue weighted by molar-refractivity contribution is 7.86. The molecular formula is C8H16O5S. The lowest BCUT2D eigenvalue weighted by molar-refractivity contribution is -0.151. The van der Waals surface area contributed by atoms with Crippen molar-refractivity contribution in [2.45, 2.75) is 39.4 Å². The van der Waals surface area contributed by atoms with Crippen LogP contribution in [0.15, 0.2) is 0 Å². The predicted octanol–water partition coefficient (Wildman–Crippen LogP) is 0.693. The summed E-state index contributed by atoms with van der Waals surface area (Å²) in [5.41, 5.74) is 0. The molecule has 0 rings (SSSR count). The highest BCUT2D eigenvalue weighted by atomic mass is 32.2. The van der Waals surface area contributed by atoms with E-state index in [9.17, 15) is 13.2 Å². The summed E-state index contributed by atoms with van der Waals surface area (Å²) in [5.74, 6) is -0.374. The molecule has 0 aromatic heterocycles. The van der Waals surface area contributed by atoms with Gasteiger partial charge in [0.15, 0.2) is 0 Å². The largest absolute Gasteiger partial charge is 0.460 e. The summed E-state index contributed by atoms with van der Waals surface area (Å²) in [5, 5.41) is 0. The number of hydrogen-bond acceptors (Lipinski definition) is 5. The van der Waals surface area contributed by atoms with Crippen molar-refractivity contribution >= 4 is 16.1 Å². The molecule has 0 aliphatic rings. The van der Waals surface area contributed by atoms with Crippen LogP contribution >= 0.6 is 0 Å². The molecular weight excluding hydrogens is 208 g/mol. The van der Waals surface area contributed by atoms with E-state index in [0.717, 1.165) is 6.26 Å². The van der Waals surface area contributed by atoms with E-state index in [1.807, 2.05) is 0 Å². The smallest absolute Gasteiger partial charge is 0.305 e. The minimum Gasteiger partial charge on any atom is -0.460 e. The van der Waals surface area contributed by atoms with Crippen LogP contribution in [0, 0.1) is 0 Å². The van der Waals surface area contributed by atoms with Crippen molar-refractivity contribution in [3.8, 4) is 0 Å². The van der Waals surface area contributed by atoms with Gasteiger partial charge in [0.05, 0.1) is 6.26 Å². The first-order chi connectivity index (χ1) is 6.26. The lowest BCUT2D eigenvalue weighted by Crippen LogP contribution is -2.30. The SMILES string of the molecule is CCC(=O)OC(C)C(C)OS(C)(=O)=O. The highest BCUT2D eigenvalue weighted by Gasteiger charge is 2.20. The molecule has 0 fully saturated rings. The molecule has 6 heteroatoms. The van der Waals surface area contributed by atoms with Crippen LogP contribution in [-0.2, 0) is 23.8 Å². The fourth-order valence-corrected chi connectivity index (χ4v) is 1.45. The average Bonchev–Trinajstić information content (AvgIpc) is 2.00. The number of ether oxygens (including phenoxy) is 1. The lowest BCUT2D eigenvalue weighted by Gasteiger charge is -2.19. The topological polar surface area (TPSA) is 69.7 Å². The second-order valence-corrected chi connectivity index (χ2v) is 4.65. The Bertz CT molecular complexity index is 282. The Morgan fingerprint density at radius 2 is 1.79 bits per heavy atom. The predicted molar refractivity (Wildman–Crippen MR) is 51.2 cm³/mol. The van der Waals surface area contributed by atoms with Gasteiger partial charge in [-0.05, 0) is 13.8 Å². The van der Waals surface area contributed by atoms with Crippen LogP contribution in [0.5, 0.6) is 0 Å². The van der Waals surface area contributed by atoms with E-state index in [1.54, 1.807) is 13.8 Å². The van der Waals surface area contributed by atoms with Crippen molar-refractivity contribution in [3.05, 3.63) is 0 Å². The van der Waals surface area contributed by atoms with Gasteiger partial charge in [-0.1, -0.05) is 6.92 Å². The van der Waals surface area contributed by atoms with Gasteiger partial charge in [-0.2, -0.15) is 8.42 Å². The highest BCUT2D eigenvalue weighted by Crippen LogP contribution is 2.07. The number of carbonyl (C=O) groups is 1. The third-order valence-electron chi connectivity index (χ3n) is 1.59. The Hall–Kier alpha value is -0.620. The molecule has 0 aromatic carbocycles. The van der Waals surface area contributed by atoms with Gasteiger partial charge in [0, 0.05) is 6.42 Å². The zero-order chi connectivity index (χ0) is 11.4. The van der Waals surface area contributed by atoms with Crippen molar-refractivity contribution in [2.75, 3.05) is 6.26 Å². The Balaban J connectivity index is 4.13. The minimum absolute atomic E-state index is 0.260. The maximum Gasteiger partial charge on any atom is 0.305 e. The van der Waals surface area contributed by atoms with Gasteiger partial charge in [0.1, 0.15) is 12.2 Å². The van der Waals surface area contributed by atoms with E-state index in [4.69, 9.17) is 4.74 Å². The molecule has 0 aromatic rings. The first-order valence-corrected chi connectivity index (χ1v) is 6.15. The Morgan fingerprint density at radius 1 is 1.29 bits per heavy atom. The minimum atomic E-state index is -3.50. The van der Waals surface area contributed by atoms with Crippen LogP contribution in [0.1, 0.15) is 27.2 Å². The second-order valence-electron chi connectivity index (χ2n) is 3.05. The molecule has 0 aliphatic carbocycles. The van der Waals surface area contributed by atoms with Crippen LogP contribution in [0.4, 0.5) is 0 Å². The fraction of sp³-hybridized carbons (Fsp3) is 0.875. The summed E-state index contributed by atoms with van der Waals surface area (Å²) < 4.78 is 31.0. The molecule has 14 heavy (non-hydrogen) atoms. The molecule has 0 saturated heterocycles. The molecule has 0 aliphatic heterocycles. The van der Waals surface area contributed by atoms with E-state index in [0.29, 0.717) is 0 Å². The van der Waals surface area contributed by atoms with Gasteiger partial charge in [-0.15, -0.1) is 0 Å². The van der Waals surface area contributed by atoms with Gasteiger partial charge >= 0.3 is 5.97 Å². The standard InChI is InChI=1S/C8H16O5S/c1-5-8(9)12-6(2)7(3)13-14(4,10)11/h6-7H,5H2,1-4H3. The van der Waals surface area contributed by atoms with Crippen molar-refractivity contribution < 1.29 is 22.1 Å². The van der Waals surface area contributed by atoms with Gasteiger partial charge in [0.2, 0.25) is 0 Å². The monoisotopic (exact) mass is 224 g/mol. The molecule has 84 valence electrons. The summed E-state index contributed by atoms with van der Waals surface area (Å²) in [6.07, 6.45) is -0.0222. The van der Waals surface area contributed by atoms with Crippen molar-refractivity contribution in [1.82, 2.24) is 0 Å². The molecule has 0 amide bonds. The maximum atomic E-state index is 10.9. The quantitative estimate of drug-likeness (QED) is 0.507. The molecule has 0 spiro atoms. The number of esters is 1. The molecule has 2 unspecified atom stereocenters. The molecule has 0 bridgehead atoms. The van der Waals surface area contributed by atoms with E-state index < -0.39 is 22.3 Å². The Morgan fingerprint density at radius 3 is 2.14 bits per heavy atom. The van der Waals surface area contributed by atoms with E-state index >= 15 is 0 Å². The van der Waals surface area contributed by atoms with Crippen molar-refractivity contribution in [1.29, 1.82) is 0 Å². The molecule has 0 saturated carbocycles. The van der Waals surface area contributed by atoms with Crippen LogP contribution in [0.25, 0.3) is 0 Å². The maximum absolute atomic E-state index is 10.9. The first kappa shape index (κ1) is 13.4. The van der Waals surface area contributed by atoms with E-state index in [1.165, 1.54) is 6.92 Å². The first-order valence-electron chi connectivity index (χ1n) is 4.34. The second kappa shape index (κ2) is 5.31. The third-order valence-corrected chi connectivity index (χ3v) is 2.25. The van der Waals surface area contributed by atoms with Crippen LogP contribution < -0.4 is 0 Å². The molecule has 0 heterocycles. The zero-order valence-electron chi connectivity index (χ0n) is 8.81. The van der Waals surface area contributed by atoms with E-state index in [2.05, 4.69) is 4.18 Å². The molecule has 0 radical (unpaired) electrons. The van der Waals surface area contributed by atoms with Gasteiger partial charge in [-0.3, -0.25) is 8.98 Å². The number of rotatable bonds is 5. The molecule has 2 atom stereocenters. The van der Waals surface area contributed by atoms with Gasteiger partial charge in [0.25, 0.3) is 10.1 Å². The summed E-state index contributed by atoms with van der Waals surface area (Å²) in [4.78, 5) is 10.9. The van der Waals surface area contributed by atoms with Crippen LogP contribution in [-0.4, -0.2) is 32.9 Å². The fourth-order valence-electron chi connectivity index (χ4n) is 0.740. The average molecular weight is 224 g/mol. The summed E-state index contributed by atoms with van der Waals surface area (Å²) >= 11 is 0. The summed E-state index contributed by atoms with van der Waals surface area (Å²) in [6, 6.07) is 0. The number of hydrogen-bond donors (Lipinski definition) is 0. The number of carbonyl (C=O) groups excluding carboxylic acids is 1.